The number of aromatic nitrogens is 5. The van der Waals surface area contributed by atoms with E-state index in [1.807, 2.05) is 48.5 Å². The molecule has 2 aromatic heterocycles. The summed E-state index contributed by atoms with van der Waals surface area (Å²) in [7, 11) is 0. The number of thiazole rings is 1. The van der Waals surface area contributed by atoms with Crippen LogP contribution >= 0.6 is 11.3 Å². The molecular formula is C24H17N5S. The first kappa shape index (κ1) is 18.3. The number of nitrogens with one attached hydrogen (secondary N) is 1. The van der Waals surface area contributed by atoms with Crippen LogP contribution in [0.3, 0.4) is 0 Å². The third-order valence-electron chi connectivity index (χ3n) is 5.04. The van der Waals surface area contributed by atoms with Gasteiger partial charge in [-0.25, -0.2) is 4.98 Å². The first-order valence-corrected chi connectivity index (χ1v) is 10.6. The molecule has 5 nitrogen and oxygen atoms in total. The van der Waals surface area contributed by atoms with Crippen LogP contribution in [0, 0.1) is 23.7 Å². The lowest BCUT2D eigenvalue weighted by molar-refractivity contribution is 0.412. The van der Waals surface area contributed by atoms with Crippen LogP contribution in [0.4, 0.5) is 0 Å². The molecule has 0 radical (unpaired) electrons. The van der Waals surface area contributed by atoms with E-state index >= 15 is 0 Å². The molecular weight excluding hydrogens is 390 g/mol. The topological polar surface area (TPSA) is 67.3 Å². The number of hydrogen-bond donors (Lipinski definition) is 1. The molecule has 1 saturated carbocycles. The highest BCUT2D eigenvalue weighted by Crippen LogP contribution is 2.36. The smallest absolute Gasteiger partial charge is 0.204 e. The number of H-pyrrole nitrogens is 1. The molecule has 2 heterocycles. The van der Waals surface area contributed by atoms with Crippen LogP contribution in [0.1, 0.15) is 52.6 Å². The molecule has 144 valence electrons. The maximum atomic E-state index is 4.68. The molecule has 0 unspecified atom stereocenters. The van der Waals surface area contributed by atoms with E-state index < -0.39 is 0 Å². The zero-order valence-corrected chi connectivity index (χ0v) is 16.9. The summed E-state index contributed by atoms with van der Waals surface area (Å²) in [6, 6.07) is 15.7. The third-order valence-corrected chi connectivity index (χ3v) is 5.81. The van der Waals surface area contributed by atoms with E-state index in [9.17, 15) is 0 Å². The highest BCUT2D eigenvalue weighted by Gasteiger charge is 2.21. The van der Waals surface area contributed by atoms with E-state index in [0.717, 1.165) is 27.3 Å². The Hall–Kier alpha value is -3.74. The summed E-state index contributed by atoms with van der Waals surface area (Å²) in [5, 5.41) is 17.1. The summed E-state index contributed by atoms with van der Waals surface area (Å²) >= 11 is 1.63. The van der Waals surface area contributed by atoms with Gasteiger partial charge in [0.05, 0.1) is 5.69 Å². The molecule has 0 spiro atoms. The molecule has 6 heteroatoms. The second kappa shape index (κ2) is 8.32. The largest absolute Gasteiger partial charge is 0.232 e. The Kier molecular flexibility index (Phi) is 5.08. The summed E-state index contributed by atoms with van der Waals surface area (Å²) in [4.78, 5) is 4.68. The molecule has 0 amide bonds. The summed E-state index contributed by atoms with van der Waals surface area (Å²) < 4.78 is 0. The molecule has 1 fully saturated rings. The highest BCUT2D eigenvalue weighted by atomic mass is 32.1. The lowest BCUT2D eigenvalue weighted by Gasteiger charge is -2.22. The van der Waals surface area contributed by atoms with Crippen LogP contribution in [0.5, 0.6) is 0 Å². The van der Waals surface area contributed by atoms with Crippen molar-refractivity contribution in [2.24, 2.45) is 0 Å². The Labute approximate surface area is 178 Å². The standard InChI is InChI=1S/C24H17N5S/c1-4-17(10-11-19-6-2-9-21(15-19)24-26-28-29-27-24)14-18(5-1)12-13-23-25-22(16-30-23)20-7-3-8-20/h1-2,4-6,9,14-16,20H,3,7-8H2,(H,26,27,28,29). The van der Waals surface area contributed by atoms with Crippen LogP contribution in [0.25, 0.3) is 11.4 Å². The van der Waals surface area contributed by atoms with Crippen molar-refractivity contribution in [3.05, 3.63) is 81.3 Å². The maximum Gasteiger partial charge on any atom is 0.204 e. The van der Waals surface area contributed by atoms with Gasteiger partial charge in [0, 0.05) is 33.6 Å². The number of aromatic amines is 1. The van der Waals surface area contributed by atoms with Gasteiger partial charge in [-0.3, -0.25) is 0 Å². The molecule has 1 aliphatic rings. The van der Waals surface area contributed by atoms with Gasteiger partial charge in [-0.2, -0.15) is 5.21 Å². The van der Waals surface area contributed by atoms with E-state index in [4.69, 9.17) is 0 Å². The normalized spacial score (nSPS) is 12.9. The van der Waals surface area contributed by atoms with Crippen LogP contribution in [0.15, 0.2) is 53.9 Å². The summed E-state index contributed by atoms with van der Waals surface area (Å²) in [6.45, 7) is 0. The number of benzene rings is 2. The van der Waals surface area contributed by atoms with Gasteiger partial charge < -0.3 is 0 Å². The Morgan fingerprint density at radius 1 is 0.900 bits per heavy atom. The van der Waals surface area contributed by atoms with Crippen LogP contribution in [-0.4, -0.2) is 25.6 Å². The van der Waals surface area contributed by atoms with Gasteiger partial charge in [0.1, 0.15) is 0 Å². The van der Waals surface area contributed by atoms with Crippen molar-refractivity contribution in [1.29, 1.82) is 0 Å². The second-order valence-electron chi connectivity index (χ2n) is 7.10. The number of nitrogens with zero attached hydrogens (tertiary/aromatic N) is 4. The zero-order valence-electron chi connectivity index (χ0n) is 16.1. The summed E-state index contributed by atoms with van der Waals surface area (Å²) in [5.41, 5.74) is 4.82. The predicted octanol–water partition coefficient (Wildman–Crippen LogP) is 4.39. The maximum absolute atomic E-state index is 4.68. The Balaban J connectivity index is 1.33. The fourth-order valence-corrected chi connectivity index (χ4v) is 3.95. The average Bonchev–Trinajstić information content (AvgIpc) is 3.43. The minimum absolute atomic E-state index is 0.554. The number of rotatable bonds is 2. The molecule has 1 N–H and O–H groups in total. The molecule has 5 rings (SSSR count). The Morgan fingerprint density at radius 3 is 2.33 bits per heavy atom. The van der Waals surface area contributed by atoms with E-state index in [1.165, 1.54) is 25.0 Å². The number of hydrogen-bond acceptors (Lipinski definition) is 5. The molecule has 0 saturated heterocycles. The molecule has 2 aromatic carbocycles. The Bertz CT molecular complexity index is 1290. The molecule has 1 aliphatic carbocycles. The van der Waals surface area contributed by atoms with Crippen molar-refractivity contribution in [2.45, 2.75) is 25.2 Å². The molecule has 0 bridgehead atoms. The lowest BCUT2D eigenvalue weighted by atomic mass is 9.83. The van der Waals surface area contributed by atoms with Gasteiger partial charge in [0.25, 0.3) is 0 Å². The average molecular weight is 408 g/mol. The third kappa shape index (κ3) is 4.15. The fraction of sp³-hybridized carbons (Fsp3) is 0.167. The van der Waals surface area contributed by atoms with Crippen molar-refractivity contribution in [3.8, 4) is 35.1 Å². The molecule has 0 aliphatic heterocycles. The van der Waals surface area contributed by atoms with Gasteiger partial charge >= 0.3 is 0 Å². The SMILES string of the molecule is C(#Cc1cccc(-c2nn[nH]n2)c1)c1cccc(C#Cc2nc(C3CCC3)cs2)c1. The van der Waals surface area contributed by atoms with Crippen molar-refractivity contribution >= 4 is 11.3 Å². The van der Waals surface area contributed by atoms with E-state index in [2.05, 4.69) is 54.7 Å². The van der Waals surface area contributed by atoms with E-state index in [-0.39, 0.29) is 0 Å². The summed E-state index contributed by atoms with van der Waals surface area (Å²) in [5.74, 6) is 14.0. The minimum Gasteiger partial charge on any atom is -0.232 e. The van der Waals surface area contributed by atoms with Crippen LogP contribution in [-0.2, 0) is 0 Å². The first-order valence-electron chi connectivity index (χ1n) is 9.77. The van der Waals surface area contributed by atoms with E-state index in [1.54, 1.807) is 11.3 Å². The van der Waals surface area contributed by atoms with E-state index in [0.29, 0.717) is 11.7 Å². The molecule has 4 aromatic rings. The lowest BCUT2D eigenvalue weighted by Crippen LogP contribution is -2.08. The predicted molar refractivity (Wildman–Crippen MR) is 117 cm³/mol. The second-order valence-corrected chi connectivity index (χ2v) is 7.96. The quantitative estimate of drug-likeness (QED) is 0.501. The first-order chi connectivity index (χ1) is 14.8. The van der Waals surface area contributed by atoms with Gasteiger partial charge in [0.2, 0.25) is 5.82 Å². The molecule has 0 atom stereocenters. The summed E-state index contributed by atoms with van der Waals surface area (Å²) in [6.07, 6.45) is 3.84. The Morgan fingerprint density at radius 2 is 1.63 bits per heavy atom. The van der Waals surface area contributed by atoms with Crippen molar-refractivity contribution in [3.63, 3.8) is 0 Å². The minimum atomic E-state index is 0.554. The van der Waals surface area contributed by atoms with Gasteiger partial charge in [-0.1, -0.05) is 42.4 Å². The van der Waals surface area contributed by atoms with Crippen molar-refractivity contribution in [2.75, 3.05) is 0 Å². The monoisotopic (exact) mass is 407 g/mol. The van der Waals surface area contributed by atoms with Gasteiger partial charge in [-0.05, 0) is 54.3 Å². The zero-order chi connectivity index (χ0) is 20.2. The van der Waals surface area contributed by atoms with Crippen LogP contribution in [0.2, 0.25) is 0 Å². The van der Waals surface area contributed by atoms with Crippen molar-refractivity contribution < 1.29 is 0 Å². The fourth-order valence-electron chi connectivity index (χ4n) is 3.20. The number of tetrazole rings is 1. The van der Waals surface area contributed by atoms with Gasteiger partial charge in [-0.15, -0.1) is 21.5 Å². The van der Waals surface area contributed by atoms with Gasteiger partial charge in [0.15, 0.2) is 5.01 Å². The van der Waals surface area contributed by atoms with Crippen LogP contribution < -0.4 is 0 Å². The van der Waals surface area contributed by atoms with Crippen molar-refractivity contribution in [1.82, 2.24) is 25.6 Å². The highest BCUT2D eigenvalue weighted by molar-refractivity contribution is 7.10. The molecule has 30 heavy (non-hydrogen) atoms.